The van der Waals surface area contributed by atoms with E-state index in [9.17, 15) is 15.3 Å². The number of halogens is 1. The highest BCUT2D eigenvalue weighted by Crippen LogP contribution is 2.37. The molecule has 2 aliphatic heterocycles. The summed E-state index contributed by atoms with van der Waals surface area (Å²) in [5, 5.41) is 31.8. The average Bonchev–Trinajstić information content (AvgIpc) is 2.96. The van der Waals surface area contributed by atoms with Gasteiger partial charge in [-0.2, -0.15) is 0 Å². The van der Waals surface area contributed by atoms with Gasteiger partial charge in [0.1, 0.15) is 48.8 Å². The summed E-state index contributed by atoms with van der Waals surface area (Å²) in [6, 6.07) is 5.77. The summed E-state index contributed by atoms with van der Waals surface area (Å²) in [4.78, 5) is 0. The normalized spacial score (nSPS) is 30.4. The van der Waals surface area contributed by atoms with Crippen molar-refractivity contribution in [2.75, 3.05) is 26.6 Å². The van der Waals surface area contributed by atoms with Crippen LogP contribution in [0.5, 0.6) is 11.5 Å². The van der Waals surface area contributed by atoms with E-state index >= 15 is 0 Å². The Hall–Kier alpha value is -1.68. The third kappa shape index (κ3) is 4.81. The van der Waals surface area contributed by atoms with Gasteiger partial charge >= 0.3 is 0 Å². The monoisotopic (exact) mass is 482 g/mol. The maximum Gasteiger partial charge on any atom is 0.161 e. The maximum absolute atomic E-state index is 10.7. The zero-order valence-corrected chi connectivity index (χ0v) is 19.4. The molecule has 1 aliphatic carbocycles. The molecule has 9 heteroatoms. The largest absolute Gasteiger partial charge is 0.501 e. The molecule has 32 heavy (non-hydrogen) atoms. The average molecular weight is 483 g/mol. The molecule has 0 bridgehead atoms. The van der Waals surface area contributed by atoms with E-state index in [1.54, 1.807) is 19.4 Å². The predicted molar refractivity (Wildman–Crippen MR) is 122 cm³/mol. The second-order valence-corrected chi connectivity index (χ2v) is 9.21. The number of thioether (sulfide) groups is 1. The predicted octanol–water partition coefficient (Wildman–Crippen LogP) is 2.52. The molecule has 4 rings (SSSR count). The summed E-state index contributed by atoms with van der Waals surface area (Å²) in [7, 11) is 1.56. The summed E-state index contributed by atoms with van der Waals surface area (Å²) in [5.41, 5.74) is 1.83. The number of methoxy groups -OCH3 is 1. The Labute approximate surface area is 196 Å². The van der Waals surface area contributed by atoms with Gasteiger partial charge in [-0.3, -0.25) is 0 Å². The number of allylic oxidation sites excluding steroid dienone is 5. The number of fused-ring (bicyclic) bond motifs is 1. The van der Waals surface area contributed by atoms with E-state index in [1.807, 2.05) is 24.3 Å². The van der Waals surface area contributed by atoms with Crippen molar-refractivity contribution in [3.63, 3.8) is 0 Å². The van der Waals surface area contributed by atoms with Crippen molar-refractivity contribution in [3.8, 4) is 11.5 Å². The molecule has 1 fully saturated rings. The molecule has 2 heterocycles. The molecular weight excluding hydrogens is 456 g/mol. The molecule has 5 atom stereocenters. The van der Waals surface area contributed by atoms with E-state index < -0.39 is 29.9 Å². The molecule has 0 saturated carbocycles. The number of hydrogen-bond donors (Lipinski definition) is 3. The molecule has 3 N–H and O–H groups in total. The molecule has 7 nitrogen and oxygen atoms in total. The molecule has 0 radical (unpaired) electrons. The van der Waals surface area contributed by atoms with Crippen molar-refractivity contribution < 1.29 is 34.3 Å². The number of rotatable bonds is 5. The van der Waals surface area contributed by atoms with Crippen LogP contribution in [0.2, 0.25) is 0 Å². The summed E-state index contributed by atoms with van der Waals surface area (Å²) < 4.78 is 22.7. The van der Waals surface area contributed by atoms with Gasteiger partial charge < -0.3 is 34.3 Å². The van der Waals surface area contributed by atoms with E-state index in [4.69, 9.17) is 30.5 Å². The number of hydrogen-bond acceptors (Lipinski definition) is 8. The summed E-state index contributed by atoms with van der Waals surface area (Å²) in [6.45, 7) is 1.03. The van der Waals surface area contributed by atoms with Crippen LogP contribution in [-0.2, 0) is 15.9 Å². The van der Waals surface area contributed by atoms with Gasteiger partial charge in [0, 0.05) is 11.5 Å². The SMILES string of the molecule is COC1=CC(Cl)=C(Cc2ccc3c(c2)OCCO3)C=C(C2OC(SC)C(O)C(O)C2O)C1. The first kappa shape index (κ1) is 23.5. The summed E-state index contributed by atoms with van der Waals surface area (Å²) in [6.07, 6.45) is 1.66. The minimum Gasteiger partial charge on any atom is -0.501 e. The van der Waals surface area contributed by atoms with Crippen LogP contribution in [0.15, 0.2) is 52.3 Å². The minimum absolute atomic E-state index is 0.350. The molecule has 1 aromatic carbocycles. The Morgan fingerprint density at radius 1 is 1.06 bits per heavy atom. The second kappa shape index (κ2) is 10.1. The molecule has 174 valence electrons. The molecule has 5 unspecified atom stereocenters. The van der Waals surface area contributed by atoms with Crippen LogP contribution < -0.4 is 9.47 Å². The minimum atomic E-state index is -1.33. The maximum atomic E-state index is 10.7. The molecule has 1 aromatic rings. The number of aliphatic hydroxyl groups is 3. The number of benzene rings is 1. The Morgan fingerprint density at radius 3 is 2.53 bits per heavy atom. The smallest absolute Gasteiger partial charge is 0.161 e. The van der Waals surface area contributed by atoms with E-state index in [2.05, 4.69) is 0 Å². The summed E-state index contributed by atoms with van der Waals surface area (Å²) in [5.74, 6) is 2.02. The topological polar surface area (TPSA) is 97.6 Å². The fraction of sp³-hybridized carbons (Fsp3) is 0.478. The van der Waals surface area contributed by atoms with Gasteiger partial charge in [0.25, 0.3) is 0 Å². The van der Waals surface area contributed by atoms with E-state index in [0.29, 0.717) is 53.9 Å². The van der Waals surface area contributed by atoms with Gasteiger partial charge in [-0.1, -0.05) is 23.7 Å². The Morgan fingerprint density at radius 2 is 1.81 bits per heavy atom. The van der Waals surface area contributed by atoms with Gasteiger partial charge in [-0.05, 0) is 47.6 Å². The van der Waals surface area contributed by atoms with Crippen LogP contribution in [0.4, 0.5) is 0 Å². The van der Waals surface area contributed by atoms with Gasteiger partial charge in [0.15, 0.2) is 11.5 Å². The van der Waals surface area contributed by atoms with Gasteiger partial charge in [-0.25, -0.2) is 0 Å². The standard InChI is InChI=1S/C23H27ClO7S/c1-28-15-10-14(22-20(26)19(25)21(27)23(31-22)32-2)9-13(16(24)11-15)7-12-3-4-17-18(8-12)30-6-5-29-17/h3-4,8-9,11,19-23,25-27H,5-7,10H2,1-2H3. The number of aliphatic hydroxyl groups excluding tert-OH is 3. The zero-order valence-electron chi connectivity index (χ0n) is 17.9. The molecule has 0 amide bonds. The first-order chi connectivity index (χ1) is 15.4. The fourth-order valence-electron chi connectivity index (χ4n) is 4.05. The fourth-order valence-corrected chi connectivity index (χ4v) is 4.96. The molecule has 0 spiro atoms. The van der Waals surface area contributed by atoms with Gasteiger partial charge in [0.05, 0.1) is 7.11 Å². The molecule has 0 aromatic heterocycles. The Bertz CT molecular complexity index is 942. The van der Waals surface area contributed by atoms with Crippen molar-refractivity contribution >= 4 is 23.4 Å². The van der Waals surface area contributed by atoms with E-state index in [0.717, 1.165) is 11.1 Å². The molecular formula is C23H27ClO7S. The lowest BCUT2D eigenvalue weighted by atomic mass is 9.91. The highest BCUT2D eigenvalue weighted by molar-refractivity contribution is 7.99. The Balaban J connectivity index is 1.66. The number of ether oxygens (including phenoxy) is 4. The van der Waals surface area contributed by atoms with Crippen molar-refractivity contribution in [1.82, 2.24) is 0 Å². The lowest BCUT2D eigenvalue weighted by molar-refractivity contribution is -0.187. The van der Waals surface area contributed by atoms with Crippen LogP contribution in [0.3, 0.4) is 0 Å². The lowest BCUT2D eigenvalue weighted by Crippen LogP contribution is -2.56. The van der Waals surface area contributed by atoms with Crippen molar-refractivity contribution in [1.29, 1.82) is 0 Å². The quantitative estimate of drug-likeness (QED) is 0.589. The molecule has 3 aliphatic rings. The van der Waals surface area contributed by atoms with Crippen LogP contribution in [0.1, 0.15) is 12.0 Å². The van der Waals surface area contributed by atoms with Crippen molar-refractivity contribution in [2.24, 2.45) is 0 Å². The lowest BCUT2D eigenvalue weighted by Gasteiger charge is -2.41. The van der Waals surface area contributed by atoms with Crippen LogP contribution in [0, 0.1) is 0 Å². The van der Waals surface area contributed by atoms with Crippen molar-refractivity contribution in [2.45, 2.75) is 42.7 Å². The van der Waals surface area contributed by atoms with E-state index in [-0.39, 0.29) is 0 Å². The van der Waals surface area contributed by atoms with Gasteiger partial charge in [-0.15, -0.1) is 11.8 Å². The highest BCUT2D eigenvalue weighted by atomic mass is 35.5. The summed E-state index contributed by atoms with van der Waals surface area (Å²) >= 11 is 7.90. The highest BCUT2D eigenvalue weighted by Gasteiger charge is 2.45. The third-order valence-electron chi connectivity index (χ3n) is 5.76. The van der Waals surface area contributed by atoms with Gasteiger partial charge in [0.2, 0.25) is 0 Å². The zero-order chi connectivity index (χ0) is 22.8. The second-order valence-electron chi connectivity index (χ2n) is 7.87. The Kier molecular flexibility index (Phi) is 7.39. The molecule has 1 saturated heterocycles. The third-order valence-corrected chi connectivity index (χ3v) is 6.97. The van der Waals surface area contributed by atoms with Crippen LogP contribution >= 0.6 is 23.4 Å². The van der Waals surface area contributed by atoms with Crippen LogP contribution in [-0.4, -0.2) is 71.8 Å². The van der Waals surface area contributed by atoms with Crippen molar-refractivity contribution in [3.05, 3.63) is 57.9 Å². The van der Waals surface area contributed by atoms with Crippen LogP contribution in [0.25, 0.3) is 0 Å². The first-order valence-electron chi connectivity index (χ1n) is 10.4. The van der Waals surface area contributed by atoms with E-state index in [1.165, 1.54) is 11.8 Å². The first-order valence-corrected chi connectivity index (χ1v) is 12.0.